The van der Waals surface area contributed by atoms with Crippen LogP contribution in [0.5, 0.6) is 5.75 Å². The maximum Gasteiger partial charge on any atom is 0.315 e. The van der Waals surface area contributed by atoms with E-state index in [0.29, 0.717) is 12.2 Å². The summed E-state index contributed by atoms with van der Waals surface area (Å²) >= 11 is 0. The van der Waals surface area contributed by atoms with E-state index in [1.165, 1.54) is 0 Å². The zero-order valence-corrected chi connectivity index (χ0v) is 18.0. The van der Waals surface area contributed by atoms with Crippen molar-refractivity contribution >= 4 is 33.5 Å². The molecule has 0 aromatic heterocycles. The molecule has 31 heavy (non-hydrogen) atoms. The predicted molar refractivity (Wildman–Crippen MR) is 121 cm³/mol. The number of hydrogen-bond acceptors (Lipinski definition) is 3. The van der Waals surface area contributed by atoms with Crippen LogP contribution >= 0.6 is 0 Å². The number of hydrogen-bond donors (Lipinski definition) is 1. The molecule has 0 spiro atoms. The zero-order chi connectivity index (χ0) is 21.9. The minimum Gasteiger partial charge on any atom is -0.481 e. The van der Waals surface area contributed by atoms with Crippen LogP contribution < -0.4 is 4.74 Å². The van der Waals surface area contributed by atoms with Crippen molar-refractivity contribution < 1.29 is 19.4 Å². The molecule has 1 saturated carbocycles. The molecule has 5 rings (SSSR count). The molecule has 3 aromatic carbocycles. The van der Waals surface area contributed by atoms with Gasteiger partial charge in [-0.25, -0.2) is 0 Å². The number of aliphatic carboxylic acids is 1. The molecule has 0 saturated heterocycles. The van der Waals surface area contributed by atoms with Gasteiger partial charge in [-0.15, -0.1) is 0 Å². The summed E-state index contributed by atoms with van der Waals surface area (Å²) in [6.07, 6.45) is 4.63. The third-order valence-electron chi connectivity index (χ3n) is 6.90. The summed E-state index contributed by atoms with van der Waals surface area (Å²) in [7, 11) is 0. The molecular formula is C27H26O4. The summed E-state index contributed by atoms with van der Waals surface area (Å²) in [4.78, 5) is 25.3. The Bertz CT molecular complexity index is 1250. The Morgan fingerprint density at radius 2 is 1.58 bits per heavy atom. The van der Waals surface area contributed by atoms with Crippen LogP contribution in [-0.2, 0) is 15.0 Å². The molecule has 158 valence electrons. The summed E-state index contributed by atoms with van der Waals surface area (Å²) in [5.41, 5.74) is 1.10. The van der Waals surface area contributed by atoms with E-state index in [1.807, 2.05) is 36.4 Å². The molecule has 1 N–H and O–H groups in total. The van der Waals surface area contributed by atoms with Crippen molar-refractivity contribution in [2.45, 2.75) is 32.6 Å². The SMILES string of the molecule is CC(C)(C)c1ccc2cc3ccccc3c(OC(=O)C3C4C=CC(C4)C3C(=O)O)c2c1. The highest BCUT2D eigenvalue weighted by Crippen LogP contribution is 2.49. The van der Waals surface area contributed by atoms with E-state index in [9.17, 15) is 14.7 Å². The van der Waals surface area contributed by atoms with Gasteiger partial charge in [0.05, 0.1) is 11.8 Å². The van der Waals surface area contributed by atoms with Crippen molar-refractivity contribution in [1.82, 2.24) is 0 Å². The van der Waals surface area contributed by atoms with Gasteiger partial charge in [-0.1, -0.05) is 69.3 Å². The first-order valence-corrected chi connectivity index (χ1v) is 10.8. The van der Waals surface area contributed by atoms with Gasteiger partial charge in [0, 0.05) is 10.8 Å². The summed E-state index contributed by atoms with van der Waals surface area (Å²) in [5, 5.41) is 13.5. The Labute approximate surface area is 181 Å². The number of allylic oxidation sites excluding steroid dienone is 2. The number of ether oxygens (including phenoxy) is 1. The minimum absolute atomic E-state index is 0.0507. The Kier molecular flexibility index (Phi) is 4.44. The lowest BCUT2D eigenvalue weighted by Gasteiger charge is -2.24. The zero-order valence-electron chi connectivity index (χ0n) is 18.0. The number of fused-ring (bicyclic) bond motifs is 4. The number of carboxylic acid groups (broad SMARTS) is 1. The van der Waals surface area contributed by atoms with E-state index in [2.05, 4.69) is 45.0 Å². The molecule has 0 heterocycles. The van der Waals surface area contributed by atoms with Crippen LogP contribution in [0.4, 0.5) is 0 Å². The molecule has 4 nitrogen and oxygen atoms in total. The van der Waals surface area contributed by atoms with E-state index < -0.39 is 23.8 Å². The topological polar surface area (TPSA) is 63.6 Å². The van der Waals surface area contributed by atoms with Crippen LogP contribution in [0.2, 0.25) is 0 Å². The average Bonchev–Trinajstić information content (AvgIpc) is 3.34. The summed E-state index contributed by atoms with van der Waals surface area (Å²) in [6.45, 7) is 6.46. The van der Waals surface area contributed by atoms with Gasteiger partial charge in [-0.05, 0) is 52.1 Å². The molecule has 4 atom stereocenters. The van der Waals surface area contributed by atoms with Crippen molar-refractivity contribution in [3.63, 3.8) is 0 Å². The summed E-state index contributed by atoms with van der Waals surface area (Å²) in [5.74, 6) is -2.34. The van der Waals surface area contributed by atoms with Crippen molar-refractivity contribution in [1.29, 1.82) is 0 Å². The predicted octanol–water partition coefficient (Wildman–Crippen LogP) is 5.72. The number of carbonyl (C=O) groups is 2. The van der Waals surface area contributed by atoms with Crippen molar-refractivity contribution in [3.05, 3.63) is 66.2 Å². The van der Waals surface area contributed by atoms with E-state index in [0.717, 1.165) is 27.1 Å². The first-order valence-electron chi connectivity index (χ1n) is 10.8. The quantitative estimate of drug-likeness (QED) is 0.258. The maximum atomic E-state index is 13.4. The highest BCUT2D eigenvalue weighted by molar-refractivity contribution is 6.07. The second-order valence-corrected chi connectivity index (χ2v) is 9.87. The van der Waals surface area contributed by atoms with Crippen LogP contribution in [0.15, 0.2) is 60.7 Å². The lowest BCUT2D eigenvalue weighted by molar-refractivity contribution is -0.152. The van der Waals surface area contributed by atoms with E-state index in [4.69, 9.17) is 4.74 Å². The van der Waals surface area contributed by atoms with Gasteiger partial charge in [0.2, 0.25) is 0 Å². The highest BCUT2D eigenvalue weighted by Gasteiger charge is 2.52. The molecule has 0 aliphatic heterocycles. The van der Waals surface area contributed by atoms with E-state index in [1.54, 1.807) is 0 Å². The van der Waals surface area contributed by atoms with Crippen LogP contribution in [0.25, 0.3) is 21.5 Å². The van der Waals surface area contributed by atoms with Gasteiger partial charge < -0.3 is 9.84 Å². The van der Waals surface area contributed by atoms with Crippen molar-refractivity contribution in [2.24, 2.45) is 23.7 Å². The van der Waals surface area contributed by atoms with Gasteiger partial charge in [0.15, 0.2) is 0 Å². The monoisotopic (exact) mass is 414 g/mol. The van der Waals surface area contributed by atoms with Gasteiger partial charge >= 0.3 is 11.9 Å². The Morgan fingerprint density at radius 3 is 2.29 bits per heavy atom. The van der Waals surface area contributed by atoms with Crippen molar-refractivity contribution in [3.8, 4) is 5.75 Å². The molecule has 2 aliphatic rings. The van der Waals surface area contributed by atoms with Crippen LogP contribution in [0, 0.1) is 23.7 Å². The highest BCUT2D eigenvalue weighted by atomic mass is 16.5. The number of carbonyl (C=O) groups excluding carboxylic acids is 1. The molecule has 4 heteroatoms. The van der Waals surface area contributed by atoms with Gasteiger partial charge in [-0.2, -0.15) is 0 Å². The molecule has 3 aromatic rings. The Balaban J connectivity index is 1.64. The number of carboxylic acids is 1. The molecule has 0 amide bonds. The molecule has 0 radical (unpaired) electrons. The van der Waals surface area contributed by atoms with Gasteiger partial charge in [-0.3, -0.25) is 9.59 Å². The smallest absolute Gasteiger partial charge is 0.315 e. The Hall–Kier alpha value is -3.14. The maximum absolute atomic E-state index is 13.4. The third-order valence-corrected chi connectivity index (χ3v) is 6.90. The second kappa shape index (κ2) is 6.94. The fourth-order valence-electron chi connectivity index (χ4n) is 5.25. The standard InChI is InChI=1S/C27H26O4/c1-27(2,3)19-11-10-16-12-15-6-4-5-7-20(15)24(21(16)14-19)31-26(30)23-18-9-8-17(13-18)22(23)25(28)29/h4-12,14,17-18,22-23H,13H2,1-3H3,(H,28,29). The Morgan fingerprint density at radius 1 is 0.903 bits per heavy atom. The first-order chi connectivity index (χ1) is 14.7. The van der Waals surface area contributed by atoms with E-state index in [-0.39, 0.29) is 17.3 Å². The third kappa shape index (κ3) is 3.21. The molecule has 2 aliphatic carbocycles. The van der Waals surface area contributed by atoms with Crippen molar-refractivity contribution in [2.75, 3.05) is 0 Å². The van der Waals surface area contributed by atoms with E-state index >= 15 is 0 Å². The molecule has 1 fully saturated rings. The van der Waals surface area contributed by atoms with Crippen LogP contribution in [0.1, 0.15) is 32.8 Å². The average molecular weight is 415 g/mol. The summed E-state index contributed by atoms with van der Waals surface area (Å²) < 4.78 is 6.09. The fourth-order valence-corrected chi connectivity index (χ4v) is 5.25. The number of rotatable bonds is 3. The molecule has 4 unspecified atom stereocenters. The normalized spacial score (nSPS) is 24.7. The molecular weight excluding hydrogens is 388 g/mol. The largest absolute Gasteiger partial charge is 0.481 e. The summed E-state index contributed by atoms with van der Waals surface area (Å²) in [6, 6.07) is 16.2. The van der Waals surface area contributed by atoms with Crippen LogP contribution in [0.3, 0.4) is 0 Å². The fraction of sp³-hybridized carbons (Fsp3) is 0.333. The lowest BCUT2D eigenvalue weighted by Crippen LogP contribution is -2.35. The minimum atomic E-state index is -0.920. The number of benzene rings is 3. The van der Waals surface area contributed by atoms with Gasteiger partial charge in [0.1, 0.15) is 5.75 Å². The lowest BCUT2D eigenvalue weighted by atomic mass is 9.83. The molecule has 2 bridgehead atoms. The first kappa shape index (κ1) is 19.8. The van der Waals surface area contributed by atoms with Crippen LogP contribution in [-0.4, -0.2) is 17.0 Å². The number of esters is 1. The van der Waals surface area contributed by atoms with Gasteiger partial charge in [0.25, 0.3) is 0 Å². The second-order valence-electron chi connectivity index (χ2n) is 9.87.